The number of aliphatic hydroxyl groups is 1. The van der Waals surface area contributed by atoms with Crippen molar-refractivity contribution in [3.63, 3.8) is 0 Å². The number of hydrogen-bond acceptors (Lipinski definition) is 2. The molecule has 5 heteroatoms. The SMILES string of the molecule is NCC(O)c1ccc(F)c(F)c1F. The zero-order valence-electron chi connectivity index (χ0n) is 6.60. The van der Waals surface area contributed by atoms with E-state index in [0.717, 1.165) is 12.1 Å². The van der Waals surface area contributed by atoms with E-state index in [4.69, 9.17) is 10.8 Å². The first-order valence-corrected chi connectivity index (χ1v) is 3.59. The van der Waals surface area contributed by atoms with Gasteiger partial charge in [-0.3, -0.25) is 0 Å². The largest absolute Gasteiger partial charge is 0.387 e. The van der Waals surface area contributed by atoms with Crippen LogP contribution in [-0.4, -0.2) is 11.7 Å². The molecule has 0 saturated carbocycles. The zero-order valence-corrected chi connectivity index (χ0v) is 6.60. The Labute approximate surface area is 72.8 Å². The summed E-state index contributed by atoms with van der Waals surface area (Å²) >= 11 is 0. The molecule has 0 bridgehead atoms. The standard InChI is InChI=1S/C8H8F3NO/c9-5-2-1-4(6(13)3-12)7(10)8(5)11/h1-2,6,13H,3,12H2. The Morgan fingerprint density at radius 2 is 1.85 bits per heavy atom. The number of nitrogens with two attached hydrogens (primary N) is 1. The third-order valence-electron chi connectivity index (χ3n) is 1.65. The Hall–Kier alpha value is -1.07. The minimum Gasteiger partial charge on any atom is -0.387 e. The second kappa shape index (κ2) is 3.76. The molecule has 1 rings (SSSR count). The first-order chi connectivity index (χ1) is 6.07. The van der Waals surface area contributed by atoms with Gasteiger partial charge in [-0.15, -0.1) is 0 Å². The number of hydrogen-bond donors (Lipinski definition) is 2. The summed E-state index contributed by atoms with van der Waals surface area (Å²) in [7, 11) is 0. The minimum absolute atomic E-state index is 0.248. The van der Waals surface area contributed by atoms with Crippen LogP contribution in [0.2, 0.25) is 0 Å². The number of halogens is 3. The minimum atomic E-state index is -1.59. The van der Waals surface area contributed by atoms with Gasteiger partial charge in [-0.1, -0.05) is 6.07 Å². The Morgan fingerprint density at radius 3 is 2.38 bits per heavy atom. The quantitative estimate of drug-likeness (QED) is 0.687. The predicted molar refractivity (Wildman–Crippen MR) is 40.3 cm³/mol. The second-order valence-electron chi connectivity index (χ2n) is 2.52. The molecule has 0 fully saturated rings. The highest BCUT2D eigenvalue weighted by atomic mass is 19.2. The van der Waals surface area contributed by atoms with Crippen molar-refractivity contribution in [1.82, 2.24) is 0 Å². The molecular formula is C8H8F3NO. The highest BCUT2D eigenvalue weighted by Gasteiger charge is 2.17. The molecule has 2 nitrogen and oxygen atoms in total. The molecule has 0 amide bonds. The molecule has 1 atom stereocenters. The van der Waals surface area contributed by atoms with Crippen LogP contribution < -0.4 is 5.73 Å². The summed E-state index contributed by atoms with van der Waals surface area (Å²) in [6, 6.07) is 1.71. The molecule has 0 aliphatic carbocycles. The summed E-state index contributed by atoms with van der Waals surface area (Å²) in [5.74, 6) is -4.27. The van der Waals surface area contributed by atoms with E-state index in [1.54, 1.807) is 0 Å². The summed E-state index contributed by atoms with van der Waals surface area (Å²) in [6.45, 7) is -0.248. The van der Waals surface area contributed by atoms with Gasteiger partial charge in [0.1, 0.15) is 0 Å². The van der Waals surface area contributed by atoms with E-state index in [1.807, 2.05) is 0 Å². The lowest BCUT2D eigenvalue weighted by Gasteiger charge is -2.09. The average molecular weight is 191 g/mol. The summed E-state index contributed by atoms with van der Waals surface area (Å²) in [5, 5.41) is 9.07. The lowest BCUT2D eigenvalue weighted by Crippen LogP contribution is -2.14. The van der Waals surface area contributed by atoms with Crippen molar-refractivity contribution in [2.45, 2.75) is 6.10 Å². The van der Waals surface area contributed by atoms with Crippen LogP contribution in [0.1, 0.15) is 11.7 Å². The number of benzene rings is 1. The van der Waals surface area contributed by atoms with E-state index in [1.165, 1.54) is 0 Å². The first kappa shape index (κ1) is 10.0. The highest BCUT2D eigenvalue weighted by Crippen LogP contribution is 2.20. The van der Waals surface area contributed by atoms with Crippen LogP contribution in [0.15, 0.2) is 12.1 Å². The topological polar surface area (TPSA) is 46.2 Å². The van der Waals surface area contributed by atoms with Crippen molar-refractivity contribution < 1.29 is 18.3 Å². The molecular weight excluding hydrogens is 183 g/mol. The van der Waals surface area contributed by atoms with Gasteiger partial charge >= 0.3 is 0 Å². The molecule has 0 aliphatic rings. The van der Waals surface area contributed by atoms with Gasteiger partial charge in [-0.05, 0) is 6.07 Å². The summed E-state index contributed by atoms with van der Waals surface area (Å²) in [6.07, 6.45) is -1.31. The Morgan fingerprint density at radius 1 is 1.23 bits per heavy atom. The molecule has 0 aromatic heterocycles. The van der Waals surface area contributed by atoms with Crippen molar-refractivity contribution in [2.24, 2.45) is 5.73 Å². The fourth-order valence-corrected chi connectivity index (χ4v) is 0.925. The van der Waals surface area contributed by atoms with E-state index >= 15 is 0 Å². The van der Waals surface area contributed by atoms with Crippen molar-refractivity contribution in [1.29, 1.82) is 0 Å². The van der Waals surface area contributed by atoms with Crippen LogP contribution in [0.4, 0.5) is 13.2 Å². The fourth-order valence-electron chi connectivity index (χ4n) is 0.925. The lowest BCUT2D eigenvalue weighted by molar-refractivity contribution is 0.180. The van der Waals surface area contributed by atoms with Gasteiger partial charge in [0.15, 0.2) is 17.5 Å². The zero-order chi connectivity index (χ0) is 10.0. The molecule has 1 aromatic carbocycles. The number of aliphatic hydroxyl groups excluding tert-OH is 1. The van der Waals surface area contributed by atoms with E-state index < -0.39 is 23.6 Å². The van der Waals surface area contributed by atoms with Crippen LogP contribution in [-0.2, 0) is 0 Å². The van der Waals surface area contributed by atoms with Crippen LogP contribution in [0.25, 0.3) is 0 Å². The molecule has 0 saturated heterocycles. The molecule has 0 heterocycles. The van der Waals surface area contributed by atoms with Crippen LogP contribution in [0.3, 0.4) is 0 Å². The highest BCUT2D eigenvalue weighted by molar-refractivity contribution is 5.22. The summed E-state index contributed by atoms with van der Waals surface area (Å²) in [5.41, 5.74) is 4.70. The third-order valence-corrected chi connectivity index (χ3v) is 1.65. The lowest BCUT2D eigenvalue weighted by atomic mass is 10.1. The predicted octanol–water partition coefficient (Wildman–Crippen LogP) is 1.10. The average Bonchev–Trinajstić information content (AvgIpc) is 2.13. The van der Waals surface area contributed by atoms with Crippen molar-refractivity contribution in [3.05, 3.63) is 35.1 Å². The molecule has 72 valence electrons. The van der Waals surface area contributed by atoms with Gasteiger partial charge in [-0.25, -0.2) is 13.2 Å². The Balaban J connectivity index is 3.18. The monoisotopic (exact) mass is 191 g/mol. The smallest absolute Gasteiger partial charge is 0.194 e. The molecule has 1 unspecified atom stereocenters. The number of rotatable bonds is 2. The van der Waals surface area contributed by atoms with E-state index in [9.17, 15) is 13.2 Å². The first-order valence-electron chi connectivity index (χ1n) is 3.59. The van der Waals surface area contributed by atoms with Crippen LogP contribution in [0, 0.1) is 17.5 Å². The van der Waals surface area contributed by atoms with Crippen molar-refractivity contribution in [2.75, 3.05) is 6.54 Å². The van der Waals surface area contributed by atoms with Crippen LogP contribution >= 0.6 is 0 Å². The van der Waals surface area contributed by atoms with Gasteiger partial charge in [0.2, 0.25) is 0 Å². The molecule has 0 spiro atoms. The normalized spacial score (nSPS) is 13.0. The van der Waals surface area contributed by atoms with Gasteiger partial charge in [-0.2, -0.15) is 0 Å². The summed E-state index contributed by atoms with van der Waals surface area (Å²) < 4.78 is 37.9. The Kier molecular flexibility index (Phi) is 2.90. The van der Waals surface area contributed by atoms with Gasteiger partial charge in [0.05, 0.1) is 6.10 Å². The van der Waals surface area contributed by atoms with Gasteiger partial charge in [0, 0.05) is 12.1 Å². The van der Waals surface area contributed by atoms with Gasteiger partial charge in [0.25, 0.3) is 0 Å². The van der Waals surface area contributed by atoms with E-state index in [-0.39, 0.29) is 12.1 Å². The molecule has 3 N–H and O–H groups in total. The maximum Gasteiger partial charge on any atom is 0.194 e. The van der Waals surface area contributed by atoms with Crippen molar-refractivity contribution >= 4 is 0 Å². The molecule has 0 aliphatic heterocycles. The maximum atomic E-state index is 12.9. The maximum absolute atomic E-state index is 12.9. The molecule has 0 radical (unpaired) electrons. The Bertz CT molecular complexity index is 317. The second-order valence-corrected chi connectivity index (χ2v) is 2.52. The van der Waals surface area contributed by atoms with Gasteiger partial charge < -0.3 is 10.8 Å². The molecule has 13 heavy (non-hydrogen) atoms. The molecule has 1 aromatic rings. The van der Waals surface area contributed by atoms with E-state index in [0.29, 0.717) is 0 Å². The van der Waals surface area contributed by atoms with Crippen LogP contribution in [0.5, 0.6) is 0 Å². The van der Waals surface area contributed by atoms with Crippen molar-refractivity contribution in [3.8, 4) is 0 Å². The third kappa shape index (κ3) is 1.81. The van der Waals surface area contributed by atoms with E-state index in [2.05, 4.69) is 0 Å². The fraction of sp³-hybridized carbons (Fsp3) is 0.250. The summed E-state index contributed by atoms with van der Waals surface area (Å²) in [4.78, 5) is 0.